The summed E-state index contributed by atoms with van der Waals surface area (Å²) in [6, 6.07) is 13.6. The number of rotatable bonds is 6. The third kappa shape index (κ3) is 3.94. The number of benzene rings is 2. The van der Waals surface area contributed by atoms with Gasteiger partial charge in [-0.3, -0.25) is 14.6 Å². The Hall–Kier alpha value is -3.07. The SMILES string of the molecule is N#CC(Oc1cccc(OOC=O)c1)c1ccc(F)cc1. The predicted octanol–water partition coefficient (Wildman–Crippen LogP) is 2.94. The molecule has 0 fully saturated rings. The highest BCUT2D eigenvalue weighted by Crippen LogP contribution is 2.25. The lowest BCUT2D eigenvalue weighted by Crippen LogP contribution is -2.05. The highest BCUT2D eigenvalue weighted by atomic mass is 19.1. The number of carbonyl (C=O) groups is 1. The van der Waals surface area contributed by atoms with Crippen molar-refractivity contribution in [3.63, 3.8) is 0 Å². The van der Waals surface area contributed by atoms with E-state index in [4.69, 9.17) is 10.00 Å². The summed E-state index contributed by atoms with van der Waals surface area (Å²) in [6.45, 7) is 0.143. The Balaban J connectivity index is 2.13. The topological polar surface area (TPSA) is 68.6 Å². The van der Waals surface area contributed by atoms with Crippen LogP contribution in [0.3, 0.4) is 0 Å². The summed E-state index contributed by atoms with van der Waals surface area (Å²) < 4.78 is 18.4. The van der Waals surface area contributed by atoms with E-state index in [0.717, 1.165) is 0 Å². The minimum Gasteiger partial charge on any atom is -0.471 e. The number of hydrogen-bond acceptors (Lipinski definition) is 5. The first-order valence-electron chi connectivity index (χ1n) is 5.91. The van der Waals surface area contributed by atoms with E-state index in [1.54, 1.807) is 18.2 Å². The number of nitrogens with zero attached hydrogens (tertiary/aromatic N) is 1. The maximum atomic E-state index is 12.9. The Labute approximate surface area is 120 Å². The van der Waals surface area contributed by atoms with Gasteiger partial charge in [0, 0.05) is 11.6 Å². The highest BCUT2D eigenvalue weighted by molar-refractivity contribution is 5.38. The normalized spacial score (nSPS) is 11.0. The molecule has 0 aliphatic rings. The molecule has 21 heavy (non-hydrogen) atoms. The third-order valence-corrected chi connectivity index (χ3v) is 2.53. The van der Waals surface area contributed by atoms with Crippen molar-refractivity contribution in [1.82, 2.24) is 0 Å². The molecule has 0 bridgehead atoms. The zero-order valence-corrected chi connectivity index (χ0v) is 10.7. The molecule has 5 nitrogen and oxygen atoms in total. The first-order chi connectivity index (χ1) is 10.2. The zero-order valence-electron chi connectivity index (χ0n) is 10.7. The summed E-state index contributed by atoms with van der Waals surface area (Å²) in [5.74, 6) is 0.199. The lowest BCUT2D eigenvalue weighted by Gasteiger charge is -2.13. The number of carbonyl (C=O) groups excluding carboxylic acids is 1. The molecule has 106 valence electrons. The predicted molar refractivity (Wildman–Crippen MR) is 69.6 cm³/mol. The first kappa shape index (κ1) is 14.3. The second-order valence-corrected chi connectivity index (χ2v) is 3.93. The van der Waals surface area contributed by atoms with Crippen molar-refractivity contribution in [2.75, 3.05) is 0 Å². The fourth-order valence-corrected chi connectivity index (χ4v) is 1.62. The van der Waals surface area contributed by atoms with Gasteiger partial charge in [-0.2, -0.15) is 5.26 Å². The minimum atomic E-state index is -0.896. The monoisotopic (exact) mass is 287 g/mol. The maximum absolute atomic E-state index is 12.9. The molecule has 1 unspecified atom stereocenters. The number of nitriles is 1. The van der Waals surface area contributed by atoms with E-state index in [1.165, 1.54) is 30.3 Å². The molecule has 0 saturated carbocycles. The van der Waals surface area contributed by atoms with Crippen molar-refractivity contribution in [3.05, 3.63) is 59.9 Å². The van der Waals surface area contributed by atoms with Gasteiger partial charge in [-0.05, 0) is 24.3 Å². The van der Waals surface area contributed by atoms with E-state index in [9.17, 15) is 9.18 Å². The number of hydrogen-bond donors (Lipinski definition) is 0. The lowest BCUT2D eigenvalue weighted by atomic mass is 10.1. The van der Waals surface area contributed by atoms with Crippen LogP contribution in [0.2, 0.25) is 0 Å². The van der Waals surface area contributed by atoms with Gasteiger partial charge in [0.05, 0.1) is 0 Å². The first-order valence-corrected chi connectivity index (χ1v) is 5.91. The maximum Gasteiger partial charge on any atom is 0.343 e. The molecule has 0 amide bonds. The second-order valence-electron chi connectivity index (χ2n) is 3.93. The Morgan fingerprint density at radius 2 is 1.86 bits per heavy atom. The standard InChI is InChI=1S/C15H10FNO4/c16-12-6-4-11(5-7-12)15(9-17)20-13-2-1-3-14(8-13)21-19-10-18/h1-8,10,15H. The Kier molecular flexibility index (Phi) is 4.72. The van der Waals surface area contributed by atoms with E-state index < -0.39 is 11.9 Å². The van der Waals surface area contributed by atoms with Crippen LogP contribution in [-0.4, -0.2) is 6.47 Å². The van der Waals surface area contributed by atoms with Crippen LogP contribution in [0, 0.1) is 17.1 Å². The van der Waals surface area contributed by atoms with Crippen molar-refractivity contribution < 1.29 is 23.7 Å². The lowest BCUT2D eigenvalue weighted by molar-refractivity contribution is -0.196. The summed E-state index contributed by atoms with van der Waals surface area (Å²) >= 11 is 0. The molecule has 0 radical (unpaired) electrons. The Morgan fingerprint density at radius 1 is 1.14 bits per heavy atom. The smallest absolute Gasteiger partial charge is 0.343 e. The highest BCUT2D eigenvalue weighted by Gasteiger charge is 2.13. The van der Waals surface area contributed by atoms with E-state index in [0.29, 0.717) is 11.3 Å². The molecule has 0 heterocycles. The number of halogens is 1. The van der Waals surface area contributed by atoms with E-state index in [-0.39, 0.29) is 12.2 Å². The average molecular weight is 287 g/mol. The van der Waals surface area contributed by atoms with E-state index in [2.05, 4.69) is 9.78 Å². The van der Waals surface area contributed by atoms with Crippen LogP contribution in [0.1, 0.15) is 11.7 Å². The minimum absolute atomic E-state index is 0.143. The number of ether oxygens (including phenoxy) is 1. The summed E-state index contributed by atoms with van der Waals surface area (Å²) in [7, 11) is 0. The summed E-state index contributed by atoms with van der Waals surface area (Å²) in [5.41, 5.74) is 0.523. The fraction of sp³-hybridized carbons (Fsp3) is 0.0667. The van der Waals surface area contributed by atoms with Gasteiger partial charge < -0.3 is 4.74 Å². The van der Waals surface area contributed by atoms with Crippen LogP contribution in [0.25, 0.3) is 0 Å². The second kappa shape index (κ2) is 6.91. The van der Waals surface area contributed by atoms with Gasteiger partial charge in [-0.15, -0.1) is 0 Å². The quantitative estimate of drug-likeness (QED) is 0.464. The summed E-state index contributed by atoms with van der Waals surface area (Å²) in [5, 5.41) is 9.15. The molecule has 0 saturated heterocycles. The van der Waals surface area contributed by atoms with Crippen molar-refractivity contribution >= 4 is 6.47 Å². The molecule has 2 aromatic rings. The molecule has 2 rings (SSSR count). The van der Waals surface area contributed by atoms with Crippen LogP contribution in [-0.2, 0) is 9.68 Å². The molecule has 0 spiro atoms. The van der Waals surface area contributed by atoms with E-state index >= 15 is 0 Å². The molecule has 2 aromatic carbocycles. The van der Waals surface area contributed by atoms with Crippen molar-refractivity contribution in [2.24, 2.45) is 0 Å². The average Bonchev–Trinajstić information content (AvgIpc) is 2.52. The molecule has 1 atom stereocenters. The molecule has 0 aliphatic heterocycles. The van der Waals surface area contributed by atoms with Gasteiger partial charge in [-0.1, -0.05) is 18.2 Å². The largest absolute Gasteiger partial charge is 0.471 e. The van der Waals surface area contributed by atoms with Gasteiger partial charge >= 0.3 is 6.47 Å². The van der Waals surface area contributed by atoms with Gasteiger partial charge in [0.1, 0.15) is 17.6 Å². The van der Waals surface area contributed by atoms with Gasteiger partial charge in [0.2, 0.25) is 6.10 Å². The van der Waals surface area contributed by atoms with Crippen LogP contribution >= 0.6 is 0 Å². The van der Waals surface area contributed by atoms with Gasteiger partial charge in [0.15, 0.2) is 5.75 Å². The fourth-order valence-electron chi connectivity index (χ4n) is 1.62. The molecule has 0 aromatic heterocycles. The molecular weight excluding hydrogens is 277 g/mol. The van der Waals surface area contributed by atoms with E-state index in [1.807, 2.05) is 6.07 Å². The van der Waals surface area contributed by atoms with Gasteiger partial charge in [-0.25, -0.2) is 4.39 Å². The molecular formula is C15H10FNO4. The van der Waals surface area contributed by atoms with Crippen molar-refractivity contribution in [3.8, 4) is 17.6 Å². The molecule has 0 N–H and O–H groups in total. The van der Waals surface area contributed by atoms with Crippen LogP contribution in [0.15, 0.2) is 48.5 Å². The van der Waals surface area contributed by atoms with Crippen LogP contribution < -0.4 is 9.62 Å². The molecule has 0 aliphatic carbocycles. The molecule has 6 heteroatoms. The van der Waals surface area contributed by atoms with Crippen molar-refractivity contribution in [1.29, 1.82) is 5.26 Å². The van der Waals surface area contributed by atoms with Gasteiger partial charge in [0.25, 0.3) is 0 Å². The Morgan fingerprint density at radius 3 is 2.52 bits per heavy atom. The summed E-state index contributed by atoms with van der Waals surface area (Å²) in [4.78, 5) is 18.9. The Bertz CT molecular complexity index is 651. The zero-order chi connectivity index (χ0) is 15.1. The third-order valence-electron chi connectivity index (χ3n) is 2.53. The van der Waals surface area contributed by atoms with Crippen LogP contribution in [0.4, 0.5) is 4.39 Å². The summed E-state index contributed by atoms with van der Waals surface area (Å²) in [6.07, 6.45) is -0.896. The van der Waals surface area contributed by atoms with Crippen molar-refractivity contribution in [2.45, 2.75) is 6.10 Å². The van der Waals surface area contributed by atoms with Crippen LogP contribution in [0.5, 0.6) is 11.5 Å².